The maximum atomic E-state index is 10.5. The summed E-state index contributed by atoms with van der Waals surface area (Å²) in [5.41, 5.74) is 4.13. The molecule has 1 N–H and O–H groups in total. The van der Waals surface area contributed by atoms with Crippen molar-refractivity contribution in [2.24, 2.45) is 0 Å². The fourth-order valence-electron chi connectivity index (χ4n) is 3.86. The van der Waals surface area contributed by atoms with Crippen LogP contribution in [0.5, 0.6) is 0 Å². The maximum Gasteiger partial charge on any atom is 0.109 e. The number of para-hydroxylation sites is 1. The maximum absolute atomic E-state index is 10.5. The summed E-state index contributed by atoms with van der Waals surface area (Å²) in [6.45, 7) is 3.06. The smallest absolute Gasteiger partial charge is 0.109 e. The van der Waals surface area contributed by atoms with Crippen LogP contribution in [-0.4, -0.2) is 19.6 Å². The number of aryl methyl sites for hydroxylation is 2. The molecule has 0 saturated heterocycles. The van der Waals surface area contributed by atoms with Crippen molar-refractivity contribution in [2.45, 2.75) is 51.7 Å². The largest absolute Gasteiger partial charge is 0.388 e. The van der Waals surface area contributed by atoms with Gasteiger partial charge in [0.2, 0.25) is 0 Å². The SMILES string of the molecule is CCCCc1nc2cnc3ccccc3c2n1CCCC(O)c1ccccc1. The van der Waals surface area contributed by atoms with Gasteiger partial charge in [-0.25, -0.2) is 4.98 Å². The average Bonchev–Trinajstić information content (AvgIpc) is 3.10. The summed E-state index contributed by atoms with van der Waals surface area (Å²) in [7, 11) is 0. The Labute approximate surface area is 165 Å². The van der Waals surface area contributed by atoms with Crippen LogP contribution >= 0.6 is 0 Å². The number of hydrogen-bond donors (Lipinski definition) is 1. The van der Waals surface area contributed by atoms with E-state index in [1.165, 1.54) is 5.52 Å². The van der Waals surface area contributed by atoms with Crippen molar-refractivity contribution in [3.63, 3.8) is 0 Å². The zero-order valence-electron chi connectivity index (χ0n) is 16.4. The molecule has 2 aromatic carbocycles. The molecule has 0 aliphatic carbocycles. The highest BCUT2D eigenvalue weighted by atomic mass is 16.3. The molecule has 0 aliphatic heterocycles. The fraction of sp³-hybridized carbons (Fsp3) is 0.333. The number of aliphatic hydroxyl groups excluding tert-OH is 1. The minimum Gasteiger partial charge on any atom is -0.388 e. The summed E-state index contributed by atoms with van der Waals surface area (Å²) in [6, 6.07) is 18.2. The number of benzene rings is 2. The number of unbranched alkanes of at least 4 members (excludes halogenated alkanes) is 1. The third-order valence-electron chi connectivity index (χ3n) is 5.36. The Morgan fingerprint density at radius 1 is 0.964 bits per heavy atom. The molecule has 0 saturated carbocycles. The van der Waals surface area contributed by atoms with Crippen molar-refractivity contribution in [1.82, 2.24) is 14.5 Å². The van der Waals surface area contributed by atoms with Crippen molar-refractivity contribution in [3.8, 4) is 0 Å². The number of aromatic nitrogens is 3. The molecule has 28 heavy (non-hydrogen) atoms. The Balaban J connectivity index is 1.63. The van der Waals surface area contributed by atoms with Crippen LogP contribution in [0.3, 0.4) is 0 Å². The molecule has 1 unspecified atom stereocenters. The first-order valence-electron chi connectivity index (χ1n) is 10.2. The van der Waals surface area contributed by atoms with Gasteiger partial charge < -0.3 is 9.67 Å². The number of hydrogen-bond acceptors (Lipinski definition) is 3. The van der Waals surface area contributed by atoms with Crippen molar-refractivity contribution < 1.29 is 5.11 Å². The molecular weight excluding hydrogens is 346 g/mol. The molecule has 2 heterocycles. The highest BCUT2D eigenvalue weighted by Gasteiger charge is 2.15. The van der Waals surface area contributed by atoms with E-state index in [1.807, 2.05) is 42.6 Å². The molecule has 0 aliphatic rings. The molecule has 1 atom stereocenters. The van der Waals surface area contributed by atoms with E-state index >= 15 is 0 Å². The van der Waals surface area contributed by atoms with Crippen molar-refractivity contribution >= 4 is 21.9 Å². The lowest BCUT2D eigenvalue weighted by molar-refractivity contribution is 0.162. The summed E-state index contributed by atoms with van der Waals surface area (Å²) in [6.07, 6.45) is 6.35. The third kappa shape index (κ3) is 3.78. The van der Waals surface area contributed by atoms with E-state index in [4.69, 9.17) is 4.98 Å². The standard InChI is InChI=1S/C24H27N3O/c1-2-3-15-23-26-21-17-25-20-13-8-7-12-19(20)24(21)27(23)16-9-14-22(28)18-10-5-4-6-11-18/h4-8,10-13,17,22,28H,2-3,9,14-16H2,1H3. The summed E-state index contributed by atoms with van der Waals surface area (Å²) in [5.74, 6) is 1.13. The second kappa shape index (κ2) is 8.53. The van der Waals surface area contributed by atoms with Crippen LogP contribution in [0.2, 0.25) is 0 Å². The summed E-state index contributed by atoms with van der Waals surface area (Å²) >= 11 is 0. The zero-order valence-corrected chi connectivity index (χ0v) is 16.4. The van der Waals surface area contributed by atoms with Gasteiger partial charge in [-0.15, -0.1) is 0 Å². The molecule has 0 bridgehead atoms. The van der Waals surface area contributed by atoms with Gasteiger partial charge in [0.25, 0.3) is 0 Å². The normalized spacial score (nSPS) is 12.6. The molecule has 2 aromatic heterocycles. The van der Waals surface area contributed by atoms with Crippen molar-refractivity contribution in [1.29, 1.82) is 0 Å². The molecule has 4 aromatic rings. The van der Waals surface area contributed by atoms with E-state index in [2.05, 4.69) is 34.7 Å². The number of aliphatic hydroxyl groups is 1. The average molecular weight is 374 g/mol. The fourth-order valence-corrected chi connectivity index (χ4v) is 3.86. The van der Waals surface area contributed by atoms with Gasteiger partial charge in [0.1, 0.15) is 11.3 Å². The van der Waals surface area contributed by atoms with Gasteiger partial charge in [-0.2, -0.15) is 0 Å². The molecule has 0 fully saturated rings. The van der Waals surface area contributed by atoms with Gasteiger partial charge in [0.05, 0.1) is 23.3 Å². The van der Waals surface area contributed by atoms with Gasteiger partial charge in [-0.3, -0.25) is 4.98 Å². The lowest BCUT2D eigenvalue weighted by Crippen LogP contribution is -2.07. The highest BCUT2D eigenvalue weighted by molar-refractivity contribution is 6.02. The predicted molar refractivity (Wildman–Crippen MR) is 114 cm³/mol. The van der Waals surface area contributed by atoms with Gasteiger partial charge in [-0.05, 0) is 30.9 Å². The minimum atomic E-state index is -0.423. The molecule has 0 spiro atoms. The Hall–Kier alpha value is -2.72. The van der Waals surface area contributed by atoms with Gasteiger partial charge in [0.15, 0.2) is 0 Å². The molecule has 4 nitrogen and oxygen atoms in total. The quantitative estimate of drug-likeness (QED) is 0.447. The first kappa shape index (κ1) is 18.6. The molecule has 0 amide bonds. The van der Waals surface area contributed by atoms with Gasteiger partial charge >= 0.3 is 0 Å². The Morgan fingerprint density at radius 3 is 2.57 bits per heavy atom. The molecule has 4 heteroatoms. The summed E-state index contributed by atoms with van der Waals surface area (Å²) < 4.78 is 2.35. The second-order valence-electron chi connectivity index (χ2n) is 7.36. The van der Waals surface area contributed by atoms with E-state index in [0.717, 1.165) is 66.5 Å². The van der Waals surface area contributed by atoms with E-state index in [9.17, 15) is 5.11 Å². The van der Waals surface area contributed by atoms with E-state index in [0.29, 0.717) is 0 Å². The Morgan fingerprint density at radius 2 is 1.75 bits per heavy atom. The first-order chi connectivity index (χ1) is 13.8. The zero-order chi connectivity index (χ0) is 19.3. The molecular formula is C24H27N3O. The van der Waals surface area contributed by atoms with Gasteiger partial charge in [0, 0.05) is 18.4 Å². The van der Waals surface area contributed by atoms with E-state index < -0.39 is 6.10 Å². The van der Waals surface area contributed by atoms with Gasteiger partial charge in [-0.1, -0.05) is 61.9 Å². The van der Waals surface area contributed by atoms with Crippen molar-refractivity contribution in [2.75, 3.05) is 0 Å². The lowest BCUT2D eigenvalue weighted by atomic mass is 10.1. The van der Waals surface area contributed by atoms with Crippen LogP contribution in [0, 0.1) is 0 Å². The number of imidazole rings is 1. The second-order valence-corrected chi connectivity index (χ2v) is 7.36. The molecule has 0 radical (unpaired) electrons. The van der Waals surface area contributed by atoms with Crippen LogP contribution < -0.4 is 0 Å². The number of fused-ring (bicyclic) bond motifs is 3. The summed E-state index contributed by atoms with van der Waals surface area (Å²) in [5, 5.41) is 11.7. The first-order valence-corrected chi connectivity index (χ1v) is 10.2. The van der Waals surface area contributed by atoms with Crippen LogP contribution in [0.25, 0.3) is 21.9 Å². The Kier molecular flexibility index (Phi) is 5.68. The highest BCUT2D eigenvalue weighted by Crippen LogP contribution is 2.27. The molecule has 4 rings (SSSR count). The third-order valence-corrected chi connectivity index (χ3v) is 5.36. The Bertz CT molecular complexity index is 1060. The molecule has 144 valence electrons. The lowest BCUT2D eigenvalue weighted by Gasteiger charge is -2.13. The predicted octanol–water partition coefficient (Wildman–Crippen LogP) is 5.44. The number of rotatable bonds is 8. The van der Waals surface area contributed by atoms with E-state index in [1.54, 1.807) is 0 Å². The van der Waals surface area contributed by atoms with Crippen LogP contribution in [0.1, 0.15) is 50.1 Å². The van der Waals surface area contributed by atoms with Crippen LogP contribution in [-0.2, 0) is 13.0 Å². The number of pyridine rings is 1. The van der Waals surface area contributed by atoms with Crippen LogP contribution in [0.4, 0.5) is 0 Å². The van der Waals surface area contributed by atoms with E-state index in [-0.39, 0.29) is 0 Å². The minimum absolute atomic E-state index is 0.423. The van der Waals surface area contributed by atoms with Crippen LogP contribution in [0.15, 0.2) is 60.8 Å². The van der Waals surface area contributed by atoms with Crippen molar-refractivity contribution in [3.05, 3.63) is 72.2 Å². The monoisotopic (exact) mass is 373 g/mol. The topological polar surface area (TPSA) is 50.9 Å². The number of nitrogens with zero attached hydrogens (tertiary/aromatic N) is 3. The summed E-state index contributed by atoms with van der Waals surface area (Å²) in [4.78, 5) is 9.47.